The van der Waals surface area contributed by atoms with E-state index in [0.29, 0.717) is 23.5 Å². The highest BCUT2D eigenvalue weighted by Crippen LogP contribution is 2.39. The minimum Gasteiger partial charge on any atom is -0.488 e. The zero-order valence-corrected chi connectivity index (χ0v) is 14.9. The summed E-state index contributed by atoms with van der Waals surface area (Å²) < 4.78 is 46.0. The molecule has 0 amide bonds. The second-order valence-electron chi connectivity index (χ2n) is 6.30. The van der Waals surface area contributed by atoms with Gasteiger partial charge in [0.15, 0.2) is 0 Å². The van der Waals surface area contributed by atoms with Gasteiger partial charge in [-0.15, -0.1) is 0 Å². The van der Waals surface area contributed by atoms with Gasteiger partial charge in [-0.25, -0.2) is 0 Å². The zero-order valence-electron chi connectivity index (χ0n) is 14.9. The molecule has 0 aromatic heterocycles. The number of aryl methyl sites for hydroxylation is 1. The van der Waals surface area contributed by atoms with E-state index in [-0.39, 0.29) is 12.1 Å². The molecule has 3 aromatic rings. The Labute approximate surface area is 156 Å². The Hall–Kier alpha value is -2.79. The zero-order chi connectivity index (χ0) is 19.4. The molecule has 0 aliphatic heterocycles. The molecule has 3 aromatic carbocycles. The van der Waals surface area contributed by atoms with E-state index in [0.717, 1.165) is 17.2 Å². The van der Waals surface area contributed by atoms with Gasteiger partial charge in [0.05, 0.1) is 5.56 Å². The summed E-state index contributed by atoms with van der Waals surface area (Å²) >= 11 is 0. The normalized spacial score (nSPS) is 11.4. The van der Waals surface area contributed by atoms with Gasteiger partial charge in [0.1, 0.15) is 12.4 Å². The number of rotatable bonds is 5. The second kappa shape index (κ2) is 7.84. The summed E-state index contributed by atoms with van der Waals surface area (Å²) in [6.07, 6.45) is -4.42. The van der Waals surface area contributed by atoms with Crippen molar-refractivity contribution in [2.45, 2.75) is 26.3 Å². The minimum atomic E-state index is -4.42. The van der Waals surface area contributed by atoms with E-state index in [1.165, 1.54) is 12.1 Å². The van der Waals surface area contributed by atoms with Gasteiger partial charge in [-0.1, -0.05) is 48.5 Å². The third-order valence-electron chi connectivity index (χ3n) is 4.34. The third kappa shape index (κ3) is 4.31. The van der Waals surface area contributed by atoms with E-state index in [9.17, 15) is 13.2 Å². The first kappa shape index (κ1) is 19.0. The molecule has 140 valence electrons. The highest BCUT2D eigenvalue weighted by atomic mass is 19.4. The van der Waals surface area contributed by atoms with Crippen LogP contribution in [0.1, 0.15) is 22.3 Å². The van der Waals surface area contributed by atoms with E-state index in [4.69, 9.17) is 10.5 Å². The summed E-state index contributed by atoms with van der Waals surface area (Å²) in [5.74, 6) is 0.620. The topological polar surface area (TPSA) is 35.2 Å². The van der Waals surface area contributed by atoms with E-state index in [1.807, 2.05) is 37.3 Å². The molecule has 0 spiro atoms. The molecule has 0 aliphatic rings. The predicted molar refractivity (Wildman–Crippen MR) is 100 cm³/mol. The molecule has 27 heavy (non-hydrogen) atoms. The Morgan fingerprint density at radius 1 is 0.926 bits per heavy atom. The average molecular weight is 371 g/mol. The van der Waals surface area contributed by atoms with Crippen molar-refractivity contribution in [3.63, 3.8) is 0 Å². The standard InChI is InChI=1S/C22H20F3NO/c1-15-11-17(19-9-5-6-10-20(19)22(23,24)25)12-18(13-26)21(15)27-14-16-7-3-2-4-8-16/h2-12H,13-14,26H2,1H3. The first-order valence-corrected chi connectivity index (χ1v) is 8.57. The predicted octanol–water partition coefficient (Wildman–Crippen LogP) is 5.72. The maximum Gasteiger partial charge on any atom is 0.417 e. The van der Waals surface area contributed by atoms with Crippen molar-refractivity contribution < 1.29 is 17.9 Å². The number of benzene rings is 3. The van der Waals surface area contributed by atoms with Crippen LogP contribution in [0.4, 0.5) is 13.2 Å². The van der Waals surface area contributed by atoms with Crippen LogP contribution in [-0.4, -0.2) is 0 Å². The van der Waals surface area contributed by atoms with Crippen molar-refractivity contribution in [3.8, 4) is 16.9 Å². The summed E-state index contributed by atoms with van der Waals surface area (Å²) in [7, 11) is 0. The molecule has 0 heterocycles. The molecule has 0 saturated carbocycles. The Kier molecular flexibility index (Phi) is 5.51. The van der Waals surface area contributed by atoms with Crippen molar-refractivity contribution in [1.29, 1.82) is 0 Å². The largest absolute Gasteiger partial charge is 0.488 e. The molecule has 0 unspecified atom stereocenters. The molecule has 0 radical (unpaired) electrons. The maximum absolute atomic E-state index is 13.4. The number of hydrogen-bond acceptors (Lipinski definition) is 2. The van der Waals surface area contributed by atoms with Gasteiger partial charge in [-0.3, -0.25) is 0 Å². The van der Waals surface area contributed by atoms with Crippen molar-refractivity contribution in [1.82, 2.24) is 0 Å². The van der Waals surface area contributed by atoms with Crippen molar-refractivity contribution in [3.05, 3.63) is 89.0 Å². The Balaban J connectivity index is 1.98. The van der Waals surface area contributed by atoms with Crippen LogP contribution >= 0.6 is 0 Å². The van der Waals surface area contributed by atoms with Gasteiger partial charge in [-0.05, 0) is 47.4 Å². The summed E-state index contributed by atoms with van der Waals surface area (Å²) in [5.41, 5.74) is 8.25. The first-order chi connectivity index (χ1) is 12.9. The Bertz CT molecular complexity index is 921. The lowest BCUT2D eigenvalue weighted by Crippen LogP contribution is -2.08. The fourth-order valence-corrected chi connectivity index (χ4v) is 3.07. The number of nitrogens with two attached hydrogens (primary N) is 1. The molecule has 0 atom stereocenters. The molecule has 3 rings (SSSR count). The number of halogens is 3. The first-order valence-electron chi connectivity index (χ1n) is 8.57. The smallest absolute Gasteiger partial charge is 0.417 e. The van der Waals surface area contributed by atoms with Crippen LogP contribution in [0.2, 0.25) is 0 Å². The van der Waals surface area contributed by atoms with E-state index in [2.05, 4.69) is 0 Å². The molecule has 2 nitrogen and oxygen atoms in total. The van der Waals surface area contributed by atoms with E-state index < -0.39 is 11.7 Å². The van der Waals surface area contributed by atoms with Crippen molar-refractivity contribution in [2.24, 2.45) is 5.73 Å². The Morgan fingerprint density at radius 3 is 2.26 bits per heavy atom. The van der Waals surface area contributed by atoms with E-state index >= 15 is 0 Å². The summed E-state index contributed by atoms with van der Waals surface area (Å²) in [6, 6.07) is 18.6. The Morgan fingerprint density at radius 2 is 1.59 bits per heavy atom. The number of ether oxygens (including phenoxy) is 1. The van der Waals surface area contributed by atoms with Crippen LogP contribution in [-0.2, 0) is 19.3 Å². The van der Waals surface area contributed by atoms with Gasteiger partial charge in [-0.2, -0.15) is 13.2 Å². The molecule has 5 heteroatoms. The van der Waals surface area contributed by atoms with Crippen molar-refractivity contribution >= 4 is 0 Å². The number of hydrogen-bond donors (Lipinski definition) is 1. The van der Waals surface area contributed by atoms with Gasteiger partial charge >= 0.3 is 6.18 Å². The van der Waals surface area contributed by atoms with Crippen LogP contribution in [0.5, 0.6) is 5.75 Å². The monoisotopic (exact) mass is 371 g/mol. The summed E-state index contributed by atoms with van der Waals surface area (Å²) in [4.78, 5) is 0. The van der Waals surface area contributed by atoms with Gasteiger partial charge in [0.25, 0.3) is 0 Å². The molecule has 0 aliphatic carbocycles. The quantitative estimate of drug-likeness (QED) is 0.623. The third-order valence-corrected chi connectivity index (χ3v) is 4.34. The molecule has 2 N–H and O–H groups in total. The van der Waals surface area contributed by atoms with Gasteiger partial charge < -0.3 is 10.5 Å². The lowest BCUT2D eigenvalue weighted by Gasteiger charge is -2.18. The lowest BCUT2D eigenvalue weighted by atomic mass is 9.95. The van der Waals surface area contributed by atoms with Crippen LogP contribution in [0.3, 0.4) is 0 Å². The summed E-state index contributed by atoms with van der Waals surface area (Å²) in [6.45, 7) is 2.36. The lowest BCUT2D eigenvalue weighted by molar-refractivity contribution is -0.137. The van der Waals surface area contributed by atoms with Gasteiger partial charge in [0.2, 0.25) is 0 Å². The molecule has 0 fully saturated rings. The van der Waals surface area contributed by atoms with Crippen LogP contribution in [0.25, 0.3) is 11.1 Å². The maximum atomic E-state index is 13.4. The summed E-state index contributed by atoms with van der Waals surface area (Å²) in [5, 5.41) is 0. The van der Waals surface area contributed by atoms with E-state index in [1.54, 1.807) is 18.2 Å². The van der Waals surface area contributed by atoms with Gasteiger partial charge in [0, 0.05) is 12.1 Å². The number of alkyl halides is 3. The highest BCUT2D eigenvalue weighted by Gasteiger charge is 2.33. The fourth-order valence-electron chi connectivity index (χ4n) is 3.07. The van der Waals surface area contributed by atoms with Crippen molar-refractivity contribution in [2.75, 3.05) is 0 Å². The van der Waals surface area contributed by atoms with Crippen LogP contribution in [0.15, 0.2) is 66.7 Å². The van der Waals surface area contributed by atoms with Crippen LogP contribution in [0, 0.1) is 6.92 Å². The molecule has 0 bridgehead atoms. The SMILES string of the molecule is Cc1cc(-c2ccccc2C(F)(F)F)cc(CN)c1OCc1ccccc1. The second-order valence-corrected chi connectivity index (χ2v) is 6.30. The fraction of sp³-hybridized carbons (Fsp3) is 0.182. The van der Waals surface area contributed by atoms with Crippen LogP contribution < -0.4 is 10.5 Å². The minimum absolute atomic E-state index is 0.136. The highest BCUT2D eigenvalue weighted by molar-refractivity contribution is 5.71. The molecular weight excluding hydrogens is 351 g/mol. The molecular formula is C22H20F3NO. The average Bonchev–Trinajstić information content (AvgIpc) is 2.66. The molecule has 0 saturated heterocycles.